The summed E-state index contributed by atoms with van der Waals surface area (Å²) in [5.74, 6) is 0.263. The normalized spacial score (nSPS) is 19.1. The summed E-state index contributed by atoms with van der Waals surface area (Å²) in [6.07, 6.45) is 1.02. The topological polar surface area (TPSA) is 63.7 Å². The van der Waals surface area contributed by atoms with Gasteiger partial charge < -0.3 is 4.74 Å². The number of fused-ring (bicyclic) bond motifs is 1. The highest BCUT2D eigenvalue weighted by atomic mass is 35.5. The minimum absolute atomic E-state index is 0.0821. The molecule has 2 aliphatic heterocycles. The molecule has 1 fully saturated rings. The van der Waals surface area contributed by atoms with E-state index in [-0.39, 0.29) is 25.3 Å². The Morgan fingerprint density at radius 2 is 1.76 bits per heavy atom. The number of carbonyl (C=O) groups is 1. The lowest BCUT2D eigenvalue weighted by atomic mass is 9.83. The van der Waals surface area contributed by atoms with Gasteiger partial charge in [-0.3, -0.25) is 4.79 Å². The van der Waals surface area contributed by atoms with E-state index in [1.165, 1.54) is 4.31 Å². The Kier molecular flexibility index (Phi) is 5.18. The first kappa shape index (κ1) is 20.7. The summed E-state index contributed by atoms with van der Waals surface area (Å²) >= 11 is 12.3. The molecule has 0 bridgehead atoms. The Morgan fingerprint density at radius 3 is 2.41 bits per heavy atom. The van der Waals surface area contributed by atoms with Crippen LogP contribution >= 0.6 is 23.2 Å². The number of aryl methyl sites for hydroxylation is 2. The van der Waals surface area contributed by atoms with Gasteiger partial charge in [0.25, 0.3) is 0 Å². The van der Waals surface area contributed by atoms with Crippen molar-refractivity contribution in [1.29, 1.82) is 0 Å². The van der Waals surface area contributed by atoms with Gasteiger partial charge in [-0.15, -0.1) is 0 Å². The highest BCUT2D eigenvalue weighted by Gasteiger charge is 2.45. The number of ether oxygens (including phenoxy) is 1. The molecule has 2 aliphatic rings. The summed E-state index contributed by atoms with van der Waals surface area (Å²) < 4.78 is 33.9. The molecule has 0 radical (unpaired) electrons. The SMILES string of the molecule is Cc1ccc(S(=O)(=O)N2CCC3(CC2)CC(=O)c2cc(Cl)cc(Cl)c2O3)c(C)c1. The van der Waals surface area contributed by atoms with Crippen LogP contribution < -0.4 is 4.74 Å². The van der Waals surface area contributed by atoms with Crippen LogP contribution in [0.5, 0.6) is 5.75 Å². The number of halogens is 2. The van der Waals surface area contributed by atoms with E-state index in [0.29, 0.717) is 39.1 Å². The van der Waals surface area contributed by atoms with Crippen molar-refractivity contribution < 1.29 is 17.9 Å². The molecule has 2 aromatic rings. The molecule has 1 saturated heterocycles. The Morgan fingerprint density at radius 1 is 1.07 bits per heavy atom. The number of nitrogens with zero attached hydrogens (tertiary/aromatic N) is 1. The largest absolute Gasteiger partial charge is 0.484 e. The van der Waals surface area contributed by atoms with Gasteiger partial charge in [-0.2, -0.15) is 4.31 Å². The fourth-order valence-electron chi connectivity index (χ4n) is 4.15. The van der Waals surface area contributed by atoms with E-state index in [1.54, 1.807) is 31.2 Å². The maximum absolute atomic E-state index is 13.1. The molecule has 0 N–H and O–H groups in total. The second-order valence-corrected chi connectivity index (χ2v) is 10.6. The molecular weight excluding hydrogens is 433 g/mol. The van der Waals surface area contributed by atoms with Crippen LogP contribution in [0.1, 0.15) is 40.7 Å². The van der Waals surface area contributed by atoms with Crippen molar-refractivity contribution in [3.05, 3.63) is 57.1 Å². The second-order valence-electron chi connectivity index (χ2n) is 7.82. The highest BCUT2D eigenvalue weighted by molar-refractivity contribution is 7.89. The molecule has 2 aromatic carbocycles. The molecule has 1 spiro atoms. The smallest absolute Gasteiger partial charge is 0.243 e. The Bertz CT molecular complexity index is 1110. The van der Waals surface area contributed by atoms with Crippen molar-refractivity contribution in [1.82, 2.24) is 4.31 Å². The molecule has 29 heavy (non-hydrogen) atoms. The fourth-order valence-corrected chi connectivity index (χ4v) is 6.33. The van der Waals surface area contributed by atoms with Crippen molar-refractivity contribution in [3.63, 3.8) is 0 Å². The molecule has 0 aliphatic carbocycles. The lowest BCUT2D eigenvalue weighted by molar-refractivity contribution is 0.00598. The summed E-state index contributed by atoms with van der Waals surface area (Å²) in [4.78, 5) is 13.0. The van der Waals surface area contributed by atoms with Crippen molar-refractivity contribution in [3.8, 4) is 5.75 Å². The summed E-state index contributed by atoms with van der Waals surface area (Å²) in [5, 5.41) is 0.682. The second kappa shape index (κ2) is 7.27. The zero-order valence-corrected chi connectivity index (χ0v) is 18.5. The number of benzene rings is 2. The van der Waals surface area contributed by atoms with Gasteiger partial charge in [0, 0.05) is 31.0 Å². The molecule has 0 unspecified atom stereocenters. The van der Waals surface area contributed by atoms with E-state index in [1.807, 2.05) is 13.0 Å². The molecule has 0 saturated carbocycles. The van der Waals surface area contributed by atoms with Gasteiger partial charge in [0.1, 0.15) is 11.4 Å². The lowest BCUT2D eigenvalue weighted by Gasteiger charge is -2.43. The van der Waals surface area contributed by atoms with Crippen molar-refractivity contribution in [2.45, 2.75) is 43.6 Å². The van der Waals surface area contributed by atoms with Crippen LogP contribution in [-0.2, 0) is 10.0 Å². The summed E-state index contributed by atoms with van der Waals surface area (Å²) in [6.45, 7) is 4.30. The molecule has 2 heterocycles. The molecule has 0 amide bonds. The number of Topliss-reactive ketones (excluding diaryl/α,β-unsaturated/α-hetero) is 1. The van der Waals surface area contributed by atoms with Crippen LogP contribution in [-0.4, -0.2) is 37.2 Å². The fraction of sp³-hybridized carbons (Fsp3) is 0.381. The Balaban J connectivity index is 1.57. The summed E-state index contributed by atoms with van der Waals surface area (Å²) in [5.41, 5.74) is 1.39. The van der Waals surface area contributed by atoms with Crippen LogP contribution in [0.2, 0.25) is 10.0 Å². The third-order valence-electron chi connectivity index (χ3n) is 5.69. The Labute approximate surface area is 180 Å². The number of ketones is 1. The van der Waals surface area contributed by atoms with Crippen molar-refractivity contribution >= 4 is 39.0 Å². The molecule has 5 nitrogen and oxygen atoms in total. The van der Waals surface area contributed by atoms with Gasteiger partial charge in [0.05, 0.1) is 21.9 Å². The first-order valence-corrected chi connectivity index (χ1v) is 11.6. The van der Waals surface area contributed by atoms with Crippen LogP contribution in [0, 0.1) is 13.8 Å². The zero-order chi connectivity index (χ0) is 21.0. The zero-order valence-electron chi connectivity index (χ0n) is 16.2. The first-order chi connectivity index (χ1) is 13.6. The quantitative estimate of drug-likeness (QED) is 0.654. The maximum Gasteiger partial charge on any atom is 0.243 e. The van der Waals surface area contributed by atoms with E-state index in [2.05, 4.69) is 0 Å². The minimum atomic E-state index is -3.60. The van der Waals surface area contributed by atoms with Gasteiger partial charge in [-0.05, 0) is 37.6 Å². The van der Waals surface area contributed by atoms with Gasteiger partial charge >= 0.3 is 0 Å². The molecule has 4 rings (SSSR count). The van der Waals surface area contributed by atoms with Crippen molar-refractivity contribution in [2.75, 3.05) is 13.1 Å². The van der Waals surface area contributed by atoms with Crippen LogP contribution in [0.4, 0.5) is 0 Å². The number of piperidine rings is 1. The summed E-state index contributed by atoms with van der Waals surface area (Å²) in [6, 6.07) is 8.44. The summed E-state index contributed by atoms with van der Waals surface area (Å²) in [7, 11) is -3.60. The van der Waals surface area contributed by atoms with E-state index in [9.17, 15) is 13.2 Å². The van der Waals surface area contributed by atoms with E-state index < -0.39 is 15.6 Å². The predicted octanol–water partition coefficient (Wildman–Crippen LogP) is 4.80. The minimum Gasteiger partial charge on any atom is -0.484 e. The average Bonchev–Trinajstić information content (AvgIpc) is 2.63. The molecule has 0 atom stereocenters. The third kappa shape index (κ3) is 3.67. The number of hydrogen-bond acceptors (Lipinski definition) is 4. The Hall–Kier alpha value is -1.60. The van der Waals surface area contributed by atoms with Crippen LogP contribution in [0.25, 0.3) is 0 Å². The standard InChI is InChI=1S/C21H21Cl2NO4S/c1-13-3-4-19(14(2)9-13)29(26,27)24-7-5-21(6-8-24)12-18(25)16-10-15(22)11-17(23)20(16)28-21/h3-4,9-11H,5-8,12H2,1-2H3. The number of hydrogen-bond donors (Lipinski definition) is 0. The van der Waals surface area contributed by atoms with Crippen LogP contribution in [0.3, 0.4) is 0 Å². The van der Waals surface area contributed by atoms with E-state index >= 15 is 0 Å². The van der Waals surface area contributed by atoms with E-state index in [0.717, 1.165) is 11.1 Å². The predicted molar refractivity (Wildman–Crippen MR) is 113 cm³/mol. The molecular formula is C21H21Cl2NO4S. The maximum atomic E-state index is 13.1. The van der Waals surface area contributed by atoms with Crippen molar-refractivity contribution in [2.24, 2.45) is 0 Å². The van der Waals surface area contributed by atoms with Gasteiger partial charge in [0.15, 0.2) is 5.78 Å². The van der Waals surface area contributed by atoms with Gasteiger partial charge in [0.2, 0.25) is 10.0 Å². The molecule has 0 aromatic heterocycles. The molecule has 154 valence electrons. The van der Waals surface area contributed by atoms with E-state index in [4.69, 9.17) is 27.9 Å². The average molecular weight is 454 g/mol. The molecule has 8 heteroatoms. The highest BCUT2D eigenvalue weighted by Crippen LogP contribution is 2.44. The number of sulfonamides is 1. The van der Waals surface area contributed by atoms with Crippen LogP contribution in [0.15, 0.2) is 35.2 Å². The lowest BCUT2D eigenvalue weighted by Crippen LogP contribution is -2.52. The first-order valence-electron chi connectivity index (χ1n) is 9.40. The number of rotatable bonds is 2. The third-order valence-corrected chi connectivity index (χ3v) is 8.25. The van der Waals surface area contributed by atoms with Gasteiger partial charge in [-0.25, -0.2) is 8.42 Å². The van der Waals surface area contributed by atoms with Gasteiger partial charge in [-0.1, -0.05) is 40.9 Å². The monoisotopic (exact) mass is 453 g/mol. The number of carbonyl (C=O) groups excluding carboxylic acids is 1.